The number of rotatable bonds is 5. The van der Waals surface area contributed by atoms with Gasteiger partial charge in [0.25, 0.3) is 17.7 Å². The van der Waals surface area contributed by atoms with E-state index < -0.39 is 35.9 Å². The number of nitrogens with zero attached hydrogens (tertiary/aromatic N) is 5. The zero-order valence-corrected chi connectivity index (χ0v) is 24.3. The number of imidazole rings is 1. The highest BCUT2D eigenvalue weighted by Crippen LogP contribution is 2.39. The summed E-state index contributed by atoms with van der Waals surface area (Å²) in [6.45, 7) is 1.91. The van der Waals surface area contributed by atoms with Crippen LogP contribution in [0.2, 0.25) is 0 Å². The van der Waals surface area contributed by atoms with Crippen molar-refractivity contribution in [2.75, 3.05) is 49.6 Å². The molecule has 1 spiro atoms. The maximum Gasteiger partial charge on any atom is 0.416 e. The van der Waals surface area contributed by atoms with Crippen molar-refractivity contribution < 1.29 is 41.7 Å². The van der Waals surface area contributed by atoms with Gasteiger partial charge in [0.1, 0.15) is 29.1 Å². The molecule has 5 N–H and O–H groups in total. The molecule has 4 aliphatic rings. The van der Waals surface area contributed by atoms with Gasteiger partial charge in [0.2, 0.25) is 0 Å². The van der Waals surface area contributed by atoms with Crippen molar-refractivity contribution in [3.8, 4) is 5.88 Å². The Morgan fingerprint density at radius 1 is 1.16 bits per heavy atom. The second kappa shape index (κ2) is 11.7. The molecule has 1 unspecified atom stereocenters. The predicted molar refractivity (Wildman–Crippen MR) is 151 cm³/mol. The van der Waals surface area contributed by atoms with Gasteiger partial charge in [-0.15, -0.1) is 0 Å². The summed E-state index contributed by atoms with van der Waals surface area (Å²) in [6.07, 6.45) is 3.04. The summed E-state index contributed by atoms with van der Waals surface area (Å²) in [5.41, 5.74) is 5.84. The number of carbonyl (C=O) groups excluding carboxylic acids is 2. The SMILES string of the molecule is CC(F)(F)CO.NCc1nc2c(F)c3c(c(F)c2[nH]1)CC(CN1CCC2(CC1)CN(c1cnc4c(n1)NC(=O)CO4)C(=O)O2)C3. The van der Waals surface area contributed by atoms with Crippen LogP contribution >= 0.6 is 0 Å². The number of amides is 2. The molecule has 2 saturated heterocycles. The van der Waals surface area contributed by atoms with Crippen LogP contribution < -0.4 is 20.7 Å². The van der Waals surface area contributed by atoms with E-state index >= 15 is 8.78 Å². The quantitative estimate of drug-likeness (QED) is 0.305. The minimum atomic E-state index is -2.90. The maximum absolute atomic E-state index is 15.2. The van der Waals surface area contributed by atoms with Crippen LogP contribution in [0.4, 0.5) is 34.0 Å². The van der Waals surface area contributed by atoms with Crippen molar-refractivity contribution in [1.82, 2.24) is 24.8 Å². The third-order valence-corrected chi connectivity index (χ3v) is 8.39. The number of fused-ring (bicyclic) bond motifs is 3. The molecule has 5 heterocycles. The lowest BCUT2D eigenvalue weighted by atomic mass is 9.90. The molecule has 0 bridgehead atoms. The molecule has 1 atom stereocenters. The van der Waals surface area contributed by atoms with Crippen molar-refractivity contribution >= 4 is 34.7 Å². The predicted octanol–water partition coefficient (Wildman–Crippen LogP) is 2.26. The molecule has 13 nitrogen and oxygen atoms in total. The number of alkyl halides is 2. The van der Waals surface area contributed by atoms with Crippen molar-refractivity contribution in [3.63, 3.8) is 0 Å². The summed E-state index contributed by atoms with van der Waals surface area (Å²) in [4.78, 5) is 43.5. The largest absolute Gasteiger partial charge is 0.465 e. The van der Waals surface area contributed by atoms with Gasteiger partial charge in [-0.05, 0) is 29.9 Å². The summed E-state index contributed by atoms with van der Waals surface area (Å²) < 4.78 is 63.9. The minimum absolute atomic E-state index is 0.0124. The number of aromatic amines is 1. The van der Waals surface area contributed by atoms with Crippen LogP contribution in [0, 0.1) is 17.6 Å². The lowest BCUT2D eigenvalue weighted by Gasteiger charge is -2.38. The van der Waals surface area contributed by atoms with E-state index in [9.17, 15) is 18.4 Å². The van der Waals surface area contributed by atoms with E-state index in [4.69, 9.17) is 20.3 Å². The molecule has 17 heteroatoms. The Hall–Kier alpha value is -4.09. The number of H-pyrrole nitrogens is 1. The fraction of sp³-hybridized carbons (Fsp3) is 0.536. The van der Waals surface area contributed by atoms with Gasteiger partial charge in [-0.3, -0.25) is 9.69 Å². The third-order valence-electron chi connectivity index (χ3n) is 8.39. The molecular weight excluding hydrogens is 604 g/mol. The molecule has 1 aliphatic carbocycles. The number of aromatic nitrogens is 4. The summed E-state index contributed by atoms with van der Waals surface area (Å²) >= 11 is 0. The summed E-state index contributed by atoms with van der Waals surface area (Å²) in [5.74, 6) is -3.06. The van der Waals surface area contributed by atoms with Gasteiger partial charge in [0.15, 0.2) is 29.9 Å². The van der Waals surface area contributed by atoms with Crippen LogP contribution in [0.25, 0.3) is 11.0 Å². The monoisotopic (exact) mass is 636 g/mol. The highest BCUT2D eigenvalue weighted by Gasteiger charge is 2.48. The van der Waals surface area contributed by atoms with E-state index in [-0.39, 0.29) is 53.5 Å². The topological polar surface area (TPSA) is 172 Å². The smallest absolute Gasteiger partial charge is 0.416 e. The first kappa shape index (κ1) is 30.9. The molecule has 2 fully saturated rings. The van der Waals surface area contributed by atoms with E-state index in [1.165, 1.54) is 11.1 Å². The molecule has 3 aliphatic heterocycles. The average molecular weight is 637 g/mol. The molecule has 0 saturated carbocycles. The summed E-state index contributed by atoms with van der Waals surface area (Å²) in [7, 11) is 0. The lowest BCUT2D eigenvalue weighted by Crippen LogP contribution is -2.48. The molecule has 2 aromatic heterocycles. The highest BCUT2D eigenvalue weighted by atomic mass is 19.3. The number of likely N-dealkylation sites (tertiary alicyclic amines) is 1. The fourth-order valence-electron chi connectivity index (χ4n) is 6.16. The Kier molecular flexibility index (Phi) is 8.03. The number of carbonyl (C=O) groups is 2. The maximum atomic E-state index is 15.2. The number of aliphatic hydroxyl groups is 1. The third kappa shape index (κ3) is 6.11. The van der Waals surface area contributed by atoms with E-state index in [0.29, 0.717) is 75.7 Å². The van der Waals surface area contributed by atoms with Gasteiger partial charge >= 0.3 is 6.09 Å². The van der Waals surface area contributed by atoms with Gasteiger partial charge in [-0.2, -0.15) is 0 Å². The second-order valence-corrected chi connectivity index (χ2v) is 11.9. The first-order valence-electron chi connectivity index (χ1n) is 14.5. The first-order chi connectivity index (χ1) is 21.4. The highest BCUT2D eigenvalue weighted by molar-refractivity contribution is 5.94. The van der Waals surface area contributed by atoms with Crippen LogP contribution in [-0.4, -0.2) is 92.9 Å². The van der Waals surface area contributed by atoms with Crippen molar-refractivity contribution in [2.24, 2.45) is 11.7 Å². The van der Waals surface area contributed by atoms with Crippen molar-refractivity contribution in [3.05, 3.63) is 34.8 Å². The number of aliphatic hydroxyl groups excluding tert-OH is 1. The zero-order valence-electron chi connectivity index (χ0n) is 24.3. The van der Waals surface area contributed by atoms with Gasteiger partial charge in [0, 0.05) is 39.4 Å². The standard InChI is InChI=1S/C25H26F2N8O4.C3H6F2O/c26-18-13-5-12(6-14(13)19(27)21-20(18)30-15(7-28)31-21)9-34-3-1-25(2-4-34)11-35(24(37)39-25)16-8-29-23-22(32-16)33-17(36)10-38-23;1-3(4,5)2-6/h8,12H,1-7,9-11,28H2,(H,30,31)(H,32,33,36);6H,2H2,1H3. The Morgan fingerprint density at radius 3 is 2.51 bits per heavy atom. The van der Waals surface area contributed by atoms with Crippen LogP contribution in [0.1, 0.15) is 36.7 Å². The molecular formula is C28H32F4N8O5. The Labute approximate surface area is 254 Å². The number of anilines is 2. The van der Waals surface area contributed by atoms with Gasteiger partial charge in [-0.25, -0.2) is 37.3 Å². The van der Waals surface area contributed by atoms with E-state index in [1.54, 1.807) is 0 Å². The Bertz CT molecular complexity index is 1590. The molecule has 7 rings (SSSR count). The average Bonchev–Trinajstić information content (AvgIpc) is 3.73. The number of hydrogen-bond acceptors (Lipinski definition) is 10. The number of halogens is 4. The van der Waals surface area contributed by atoms with Crippen LogP contribution in [0.3, 0.4) is 0 Å². The fourth-order valence-corrected chi connectivity index (χ4v) is 6.16. The van der Waals surface area contributed by atoms with Crippen LogP contribution in [-0.2, 0) is 28.9 Å². The summed E-state index contributed by atoms with van der Waals surface area (Å²) in [6, 6.07) is 0. The molecule has 2 amide bonds. The van der Waals surface area contributed by atoms with Crippen LogP contribution in [0.5, 0.6) is 5.88 Å². The molecule has 1 aromatic carbocycles. The minimum Gasteiger partial charge on any atom is -0.465 e. The van der Waals surface area contributed by atoms with Crippen molar-refractivity contribution in [1.29, 1.82) is 0 Å². The molecule has 0 radical (unpaired) electrons. The first-order valence-corrected chi connectivity index (χ1v) is 14.5. The number of benzene rings is 1. The molecule has 242 valence electrons. The van der Waals surface area contributed by atoms with E-state index in [1.807, 2.05) is 0 Å². The number of nitrogens with one attached hydrogen (secondary N) is 2. The molecule has 3 aromatic rings. The Balaban J connectivity index is 0.000000545. The van der Waals surface area contributed by atoms with Crippen LogP contribution in [0.15, 0.2) is 6.20 Å². The zero-order chi connectivity index (χ0) is 32.1. The number of ether oxygens (including phenoxy) is 2. The lowest BCUT2D eigenvalue weighted by molar-refractivity contribution is -0.118. The second-order valence-electron chi connectivity index (χ2n) is 11.9. The number of nitrogens with two attached hydrogens (primary N) is 1. The normalized spacial score (nSPS) is 19.6. The number of hydrogen-bond donors (Lipinski definition) is 4. The van der Waals surface area contributed by atoms with Crippen molar-refractivity contribution in [2.45, 2.75) is 50.7 Å². The van der Waals surface area contributed by atoms with Gasteiger partial charge in [-0.1, -0.05) is 0 Å². The number of piperidine rings is 1. The molecule has 45 heavy (non-hydrogen) atoms. The van der Waals surface area contributed by atoms with Gasteiger partial charge < -0.3 is 35.5 Å². The summed E-state index contributed by atoms with van der Waals surface area (Å²) in [5, 5.41) is 10.2. The van der Waals surface area contributed by atoms with Gasteiger partial charge in [0.05, 0.1) is 19.3 Å². The van der Waals surface area contributed by atoms with E-state index in [0.717, 1.165) is 0 Å². The van der Waals surface area contributed by atoms with E-state index in [2.05, 4.69) is 30.2 Å². The Morgan fingerprint density at radius 2 is 1.84 bits per heavy atom.